The smallest absolute Gasteiger partial charge is 0.349 e. The molecular formula is C21H11Br2N5O3. The predicted molar refractivity (Wildman–Crippen MR) is 122 cm³/mol. The van der Waals surface area contributed by atoms with E-state index in [1.165, 1.54) is 12.4 Å². The summed E-state index contributed by atoms with van der Waals surface area (Å²) in [4.78, 5) is 25.0. The quantitative estimate of drug-likeness (QED) is 0.333. The lowest BCUT2D eigenvalue weighted by atomic mass is 10.1. The van der Waals surface area contributed by atoms with Crippen molar-refractivity contribution in [1.29, 1.82) is 0 Å². The lowest BCUT2D eigenvalue weighted by molar-refractivity contribution is 0.102. The van der Waals surface area contributed by atoms with Crippen LogP contribution in [0.5, 0.6) is 0 Å². The molecule has 5 rings (SSSR count). The van der Waals surface area contributed by atoms with Gasteiger partial charge < -0.3 is 9.73 Å². The molecular weight excluding hydrogens is 530 g/mol. The van der Waals surface area contributed by atoms with Gasteiger partial charge >= 0.3 is 5.63 Å². The van der Waals surface area contributed by atoms with Crippen molar-refractivity contribution in [2.75, 3.05) is 5.32 Å². The van der Waals surface area contributed by atoms with Gasteiger partial charge in [-0.05, 0) is 58.4 Å². The normalized spacial score (nSPS) is 11.2. The molecule has 0 spiro atoms. The Bertz CT molecular complexity index is 1530. The molecule has 1 N–H and O–H groups in total. The highest BCUT2D eigenvalue weighted by atomic mass is 79.9. The molecule has 0 aliphatic heterocycles. The second kappa shape index (κ2) is 7.71. The van der Waals surface area contributed by atoms with Gasteiger partial charge in [0.15, 0.2) is 11.2 Å². The molecule has 0 atom stereocenters. The van der Waals surface area contributed by atoms with Crippen molar-refractivity contribution in [2.24, 2.45) is 0 Å². The minimum Gasteiger partial charge on any atom is -0.421 e. The number of fused-ring (bicyclic) bond motifs is 2. The molecule has 0 saturated carbocycles. The molecule has 0 radical (unpaired) electrons. The number of anilines is 1. The number of rotatable bonds is 3. The minimum atomic E-state index is -0.712. The molecule has 3 aromatic heterocycles. The van der Waals surface area contributed by atoms with E-state index in [0.29, 0.717) is 26.8 Å². The van der Waals surface area contributed by atoms with Gasteiger partial charge in [-0.1, -0.05) is 28.1 Å². The van der Waals surface area contributed by atoms with E-state index in [1.807, 2.05) is 24.3 Å². The Kier molecular flexibility index (Phi) is 4.87. The Hall–Kier alpha value is -3.37. The summed E-state index contributed by atoms with van der Waals surface area (Å²) in [6, 6.07) is 15.8. The fourth-order valence-corrected chi connectivity index (χ4v) is 4.46. The van der Waals surface area contributed by atoms with Gasteiger partial charge in [0.2, 0.25) is 0 Å². The number of nitrogens with zero attached hydrogens (tertiary/aromatic N) is 4. The molecule has 31 heavy (non-hydrogen) atoms. The molecule has 8 nitrogen and oxygen atoms in total. The third-order valence-corrected chi connectivity index (χ3v) is 5.64. The number of carbonyl (C=O) groups excluding carboxylic acids is 1. The number of amides is 1. The number of hydrogen-bond donors (Lipinski definition) is 1. The molecule has 0 aliphatic rings. The summed E-state index contributed by atoms with van der Waals surface area (Å²) >= 11 is 6.75. The van der Waals surface area contributed by atoms with Gasteiger partial charge in [-0.3, -0.25) is 4.79 Å². The lowest BCUT2D eigenvalue weighted by Gasteiger charge is -2.07. The molecule has 0 fully saturated rings. The zero-order valence-corrected chi connectivity index (χ0v) is 18.7. The first-order valence-corrected chi connectivity index (χ1v) is 10.6. The Labute approximate surface area is 191 Å². The van der Waals surface area contributed by atoms with E-state index in [0.717, 1.165) is 15.7 Å². The summed E-state index contributed by atoms with van der Waals surface area (Å²) in [5.74, 6) is -0.552. The Balaban J connectivity index is 1.41. The van der Waals surface area contributed by atoms with Crippen molar-refractivity contribution in [1.82, 2.24) is 19.8 Å². The maximum absolute atomic E-state index is 12.7. The number of nitrogens with one attached hydrogen (secondary N) is 1. The zero-order valence-electron chi connectivity index (χ0n) is 15.5. The van der Waals surface area contributed by atoms with Crippen LogP contribution in [0.3, 0.4) is 0 Å². The number of hydrogen-bond acceptors (Lipinski definition) is 6. The van der Waals surface area contributed by atoms with E-state index in [9.17, 15) is 9.59 Å². The molecule has 3 heterocycles. The van der Waals surface area contributed by atoms with E-state index in [-0.39, 0.29) is 5.56 Å². The largest absolute Gasteiger partial charge is 0.421 e. The fourth-order valence-electron chi connectivity index (χ4n) is 3.12. The number of halogens is 2. The summed E-state index contributed by atoms with van der Waals surface area (Å²) < 4.78 is 8.33. The lowest BCUT2D eigenvalue weighted by Crippen LogP contribution is -2.20. The molecule has 0 bridgehead atoms. The first kappa shape index (κ1) is 19.6. The van der Waals surface area contributed by atoms with Gasteiger partial charge in [0.25, 0.3) is 5.91 Å². The van der Waals surface area contributed by atoms with Crippen molar-refractivity contribution >= 4 is 60.1 Å². The minimum absolute atomic E-state index is 0.0821. The van der Waals surface area contributed by atoms with Crippen molar-refractivity contribution in [3.05, 3.63) is 85.9 Å². The standard InChI is InChI=1S/C21H11Br2N5O3/c22-13-7-12-8-15(21(30)31-19(12)16(23)9-13)20(29)25-14-3-1-11(2-4-14)17-5-6-18-26-24-10-28(18)27-17/h1-10H,(H,25,29). The van der Waals surface area contributed by atoms with Crippen LogP contribution in [0.15, 0.2) is 79.1 Å². The van der Waals surface area contributed by atoms with Crippen LogP contribution in [0.1, 0.15) is 10.4 Å². The molecule has 0 saturated heterocycles. The summed E-state index contributed by atoms with van der Waals surface area (Å²) in [5.41, 5.74) is 2.36. The van der Waals surface area contributed by atoms with Crippen LogP contribution in [0.4, 0.5) is 5.69 Å². The third kappa shape index (κ3) is 3.75. The number of aromatic nitrogens is 4. The van der Waals surface area contributed by atoms with Crippen LogP contribution in [-0.4, -0.2) is 25.7 Å². The van der Waals surface area contributed by atoms with Crippen molar-refractivity contribution in [3.63, 3.8) is 0 Å². The fraction of sp³-hybridized carbons (Fsp3) is 0. The van der Waals surface area contributed by atoms with Crippen LogP contribution < -0.4 is 10.9 Å². The SMILES string of the molecule is O=C(Nc1ccc(-c2ccc3nncn3n2)cc1)c1cc2cc(Br)cc(Br)c2oc1=O. The average molecular weight is 541 g/mol. The van der Waals surface area contributed by atoms with Gasteiger partial charge in [0.05, 0.1) is 10.2 Å². The molecule has 0 unspecified atom stereocenters. The van der Waals surface area contributed by atoms with Gasteiger partial charge in [-0.25, -0.2) is 4.79 Å². The molecule has 2 aromatic carbocycles. The van der Waals surface area contributed by atoms with Crippen LogP contribution >= 0.6 is 31.9 Å². The first-order chi connectivity index (χ1) is 15.0. The number of carbonyl (C=O) groups is 1. The average Bonchev–Trinajstić information content (AvgIpc) is 3.22. The first-order valence-electron chi connectivity index (χ1n) is 9.00. The Morgan fingerprint density at radius 1 is 1.03 bits per heavy atom. The molecule has 5 aromatic rings. The second-order valence-electron chi connectivity index (χ2n) is 6.64. The van der Waals surface area contributed by atoms with Crippen molar-refractivity contribution in [3.8, 4) is 11.3 Å². The summed E-state index contributed by atoms with van der Waals surface area (Å²) in [7, 11) is 0. The van der Waals surface area contributed by atoms with Crippen LogP contribution in [0.2, 0.25) is 0 Å². The maximum atomic E-state index is 12.7. The molecule has 10 heteroatoms. The van der Waals surface area contributed by atoms with Gasteiger partial charge in [0, 0.05) is 21.1 Å². The van der Waals surface area contributed by atoms with E-state index < -0.39 is 11.5 Å². The summed E-state index contributed by atoms with van der Waals surface area (Å²) in [5, 5.41) is 15.5. The highest BCUT2D eigenvalue weighted by molar-refractivity contribution is 9.11. The summed E-state index contributed by atoms with van der Waals surface area (Å²) in [6.07, 6.45) is 1.53. The van der Waals surface area contributed by atoms with Crippen molar-refractivity contribution in [2.45, 2.75) is 0 Å². The number of benzene rings is 2. The molecule has 0 aliphatic carbocycles. The zero-order chi connectivity index (χ0) is 21.5. The maximum Gasteiger partial charge on any atom is 0.349 e. The Morgan fingerprint density at radius 3 is 2.65 bits per heavy atom. The second-order valence-corrected chi connectivity index (χ2v) is 8.41. The van der Waals surface area contributed by atoms with E-state index in [4.69, 9.17) is 4.42 Å². The monoisotopic (exact) mass is 539 g/mol. The van der Waals surface area contributed by atoms with Gasteiger partial charge in [-0.2, -0.15) is 9.61 Å². The van der Waals surface area contributed by atoms with Gasteiger partial charge in [-0.15, -0.1) is 10.2 Å². The molecule has 152 valence electrons. The van der Waals surface area contributed by atoms with E-state index in [2.05, 4.69) is 52.5 Å². The topological polar surface area (TPSA) is 102 Å². The van der Waals surface area contributed by atoms with E-state index in [1.54, 1.807) is 28.8 Å². The van der Waals surface area contributed by atoms with Crippen LogP contribution in [-0.2, 0) is 0 Å². The Morgan fingerprint density at radius 2 is 1.84 bits per heavy atom. The van der Waals surface area contributed by atoms with E-state index >= 15 is 0 Å². The summed E-state index contributed by atoms with van der Waals surface area (Å²) in [6.45, 7) is 0. The van der Waals surface area contributed by atoms with Crippen LogP contribution in [0.25, 0.3) is 27.9 Å². The predicted octanol–water partition coefficient (Wildman–Crippen LogP) is 4.68. The van der Waals surface area contributed by atoms with Gasteiger partial charge in [0.1, 0.15) is 11.9 Å². The third-order valence-electron chi connectivity index (χ3n) is 4.60. The molecule has 1 amide bonds. The highest BCUT2D eigenvalue weighted by Crippen LogP contribution is 2.28. The van der Waals surface area contributed by atoms with Crippen molar-refractivity contribution < 1.29 is 9.21 Å². The van der Waals surface area contributed by atoms with Crippen LogP contribution in [0, 0.1) is 0 Å². The highest BCUT2D eigenvalue weighted by Gasteiger charge is 2.16.